The highest BCUT2D eigenvalue weighted by Crippen LogP contribution is 2.23. The van der Waals surface area contributed by atoms with Crippen LogP contribution in [0, 0.1) is 0 Å². The molecule has 1 aromatic rings. The third-order valence-electron chi connectivity index (χ3n) is 2.70. The molecule has 0 saturated carbocycles. The van der Waals surface area contributed by atoms with E-state index in [9.17, 15) is 0 Å². The fourth-order valence-electron chi connectivity index (χ4n) is 1.78. The first kappa shape index (κ1) is 10.2. The van der Waals surface area contributed by atoms with Gasteiger partial charge in [-0.3, -0.25) is 0 Å². The molecule has 80 valence electrons. The maximum absolute atomic E-state index is 5.55. The Morgan fingerprint density at radius 1 is 1.20 bits per heavy atom. The quantitative estimate of drug-likeness (QED) is 0.685. The molecule has 0 spiro atoms. The van der Waals surface area contributed by atoms with Crippen molar-refractivity contribution in [3.63, 3.8) is 0 Å². The number of hydrogen-bond donors (Lipinski definition) is 0. The molecule has 1 aromatic carbocycles. The molecule has 1 aliphatic heterocycles. The Kier molecular flexibility index (Phi) is 2.76. The third-order valence-corrected chi connectivity index (χ3v) is 2.70. The van der Waals surface area contributed by atoms with Gasteiger partial charge in [0.25, 0.3) is 0 Å². The minimum atomic E-state index is -0.115. The molecule has 0 fully saturated rings. The molecule has 0 bridgehead atoms. The Morgan fingerprint density at radius 2 is 1.93 bits per heavy atom. The second kappa shape index (κ2) is 4.05. The van der Waals surface area contributed by atoms with Gasteiger partial charge in [0.05, 0.1) is 5.71 Å². The summed E-state index contributed by atoms with van der Waals surface area (Å²) in [5, 5.41) is 4.26. The first-order valence-corrected chi connectivity index (χ1v) is 5.48. The van der Waals surface area contributed by atoms with Gasteiger partial charge in [-0.15, -0.1) is 0 Å². The van der Waals surface area contributed by atoms with Crippen LogP contribution < -0.4 is 0 Å². The van der Waals surface area contributed by atoms with E-state index >= 15 is 0 Å². The van der Waals surface area contributed by atoms with E-state index in [2.05, 4.69) is 31.1 Å². The second-order valence-corrected chi connectivity index (χ2v) is 4.61. The highest BCUT2D eigenvalue weighted by Gasteiger charge is 2.22. The summed E-state index contributed by atoms with van der Waals surface area (Å²) in [5.74, 6) is 0. The van der Waals surface area contributed by atoms with Crippen molar-refractivity contribution in [3.8, 4) is 0 Å². The van der Waals surface area contributed by atoms with E-state index in [4.69, 9.17) is 4.84 Å². The summed E-state index contributed by atoms with van der Waals surface area (Å²) in [6, 6.07) is 10.3. The summed E-state index contributed by atoms with van der Waals surface area (Å²) < 4.78 is 0. The van der Waals surface area contributed by atoms with Gasteiger partial charge in [0, 0.05) is 0 Å². The van der Waals surface area contributed by atoms with E-state index in [1.165, 1.54) is 5.56 Å². The summed E-state index contributed by atoms with van der Waals surface area (Å²) in [5.41, 5.74) is 2.13. The number of rotatable bonds is 1. The zero-order valence-electron chi connectivity index (χ0n) is 9.36. The molecular formula is C13H17NO. The Balaban J connectivity index is 2.20. The lowest BCUT2D eigenvalue weighted by Crippen LogP contribution is -2.20. The lowest BCUT2D eigenvalue weighted by molar-refractivity contribution is -0.0169. The van der Waals surface area contributed by atoms with E-state index < -0.39 is 0 Å². The lowest BCUT2D eigenvalue weighted by Gasteiger charge is -2.19. The number of nitrogens with zero attached hydrogens (tertiary/aromatic N) is 1. The number of oxime groups is 1. The van der Waals surface area contributed by atoms with Gasteiger partial charge in [-0.05, 0) is 38.7 Å². The van der Waals surface area contributed by atoms with E-state index in [1.54, 1.807) is 0 Å². The zero-order chi connectivity index (χ0) is 10.7. The number of hydrogen-bond acceptors (Lipinski definition) is 2. The predicted octanol–water partition coefficient (Wildman–Crippen LogP) is 3.37. The molecular weight excluding hydrogens is 186 g/mol. The van der Waals surface area contributed by atoms with Crippen LogP contribution in [0.3, 0.4) is 0 Å². The summed E-state index contributed by atoms with van der Waals surface area (Å²) >= 11 is 0. The zero-order valence-corrected chi connectivity index (χ0v) is 9.36. The minimum absolute atomic E-state index is 0.115. The highest BCUT2D eigenvalue weighted by molar-refractivity contribution is 6.00. The number of benzene rings is 1. The lowest BCUT2D eigenvalue weighted by atomic mass is 9.99. The van der Waals surface area contributed by atoms with Crippen molar-refractivity contribution in [2.45, 2.75) is 38.7 Å². The molecule has 1 aliphatic rings. The Hall–Kier alpha value is -1.31. The largest absolute Gasteiger partial charge is 0.390 e. The van der Waals surface area contributed by atoms with Crippen molar-refractivity contribution in [2.75, 3.05) is 0 Å². The van der Waals surface area contributed by atoms with Crippen molar-refractivity contribution in [3.05, 3.63) is 35.9 Å². The van der Waals surface area contributed by atoms with Crippen LogP contribution in [0.4, 0.5) is 0 Å². The van der Waals surface area contributed by atoms with Gasteiger partial charge in [0.15, 0.2) is 0 Å². The van der Waals surface area contributed by atoms with Gasteiger partial charge in [0.2, 0.25) is 0 Å². The van der Waals surface area contributed by atoms with E-state index in [0.29, 0.717) is 0 Å². The molecule has 0 aromatic heterocycles. The van der Waals surface area contributed by atoms with Crippen LogP contribution in [0.5, 0.6) is 0 Å². The molecule has 0 unspecified atom stereocenters. The molecule has 0 radical (unpaired) electrons. The smallest absolute Gasteiger partial charge is 0.132 e. The van der Waals surface area contributed by atoms with Crippen molar-refractivity contribution in [2.24, 2.45) is 5.16 Å². The van der Waals surface area contributed by atoms with Gasteiger partial charge in [-0.1, -0.05) is 35.5 Å². The van der Waals surface area contributed by atoms with Crippen LogP contribution in [0.15, 0.2) is 35.5 Å². The van der Waals surface area contributed by atoms with E-state index in [0.717, 1.165) is 25.0 Å². The standard InChI is InChI=1S/C13H17NO/c1-13(2)10-6-9-12(14-15-13)11-7-4-3-5-8-11/h3-5,7-8H,6,9-10H2,1-2H3. The van der Waals surface area contributed by atoms with Gasteiger partial charge >= 0.3 is 0 Å². The van der Waals surface area contributed by atoms with Crippen LogP contribution in [0.1, 0.15) is 38.7 Å². The molecule has 2 nitrogen and oxygen atoms in total. The predicted molar refractivity (Wildman–Crippen MR) is 62.0 cm³/mol. The summed E-state index contributed by atoms with van der Waals surface area (Å²) in [4.78, 5) is 5.55. The van der Waals surface area contributed by atoms with Crippen LogP contribution in [0.25, 0.3) is 0 Å². The van der Waals surface area contributed by atoms with Crippen molar-refractivity contribution < 1.29 is 4.84 Å². The average Bonchev–Trinajstić information content (AvgIpc) is 2.41. The van der Waals surface area contributed by atoms with Crippen LogP contribution in [0.2, 0.25) is 0 Å². The summed E-state index contributed by atoms with van der Waals surface area (Å²) in [7, 11) is 0. The molecule has 0 N–H and O–H groups in total. The van der Waals surface area contributed by atoms with Gasteiger partial charge in [-0.25, -0.2) is 0 Å². The van der Waals surface area contributed by atoms with Crippen molar-refractivity contribution >= 4 is 5.71 Å². The first-order valence-electron chi connectivity index (χ1n) is 5.48. The van der Waals surface area contributed by atoms with Gasteiger partial charge in [0.1, 0.15) is 5.60 Å². The fraction of sp³-hybridized carbons (Fsp3) is 0.462. The maximum atomic E-state index is 5.55. The van der Waals surface area contributed by atoms with Crippen molar-refractivity contribution in [1.82, 2.24) is 0 Å². The third kappa shape index (κ3) is 2.58. The van der Waals surface area contributed by atoms with Crippen LogP contribution in [-0.2, 0) is 4.84 Å². The second-order valence-electron chi connectivity index (χ2n) is 4.61. The van der Waals surface area contributed by atoms with Gasteiger partial charge < -0.3 is 4.84 Å². The molecule has 2 rings (SSSR count). The summed E-state index contributed by atoms with van der Waals surface area (Å²) in [6.45, 7) is 4.18. The van der Waals surface area contributed by atoms with Crippen LogP contribution in [-0.4, -0.2) is 11.3 Å². The van der Waals surface area contributed by atoms with E-state index in [1.807, 2.05) is 18.2 Å². The highest BCUT2D eigenvalue weighted by atomic mass is 16.6. The normalized spacial score (nSPS) is 20.0. The SMILES string of the molecule is CC1(C)CCCC(c2ccccc2)=NO1. The van der Waals surface area contributed by atoms with Gasteiger partial charge in [-0.2, -0.15) is 0 Å². The molecule has 1 heterocycles. The Labute approximate surface area is 90.9 Å². The molecule has 0 amide bonds. The summed E-state index contributed by atoms with van der Waals surface area (Å²) in [6.07, 6.45) is 3.21. The molecule has 2 heteroatoms. The Bertz CT molecular complexity index is 354. The molecule has 15 heavy (non-hydrogen) atoms. The van der Waals surface area contributed by atoms with Crippen molar-refractivity contribution in [1.29, 1.82) is 0 Å². The maximum Gasteiger partial charge on any atom is 0.132 e. The average molecular weight is 203 g/mol. The minimum Gasteiger partial charge on any atom is -0.390 e. The topological polar surface area (TPSA) is 21.6 Å². The molecule has 0 atom stereocenters. The molecule has 0 saturated heterocycles. The fourth-order valence-corrected chi connectivity index (χ4v) is 1.78. The van der Waals surface area contributed by atoms with Crippen LogP contribution >= 0.6 is 0 Å². The Morgan fingerprint density at radius 3 is 2.67 bits per heavy atom. The van der Waals surface area contributed by atoms with E-state index in [-0.39, 0.29) is 5.60 Å². The molecule has 0 aliphatic carbocycles. The first-order chi connectivity index (χ1) is 7.17. The monoisotopic (exact) mass is 203 g/mol.